The molecule has 0 aliphatic carbocycles. The van der Waals surface area contributed by atoms with Crippen LogP contribution >= 0.6 is 23.1 Å². The zero-order valence-electron chi connectivity index (χ0n) is 19.9. The normalized spacial score (nSPS) is 19.1. The van der Waals surface area contributed by atoms with Crippen LogP contribution in [0.4, 0.5) is 5.13 Å². The van der Waals surface area contributed by atoms with E-state index in [1.54, 1.807) is 6.20 Å². The van der Waals surface area contributed by atoms with Crippen LogP contribution in [0, 0.1) is 11.3 Å². The monoisotopic (exact) mass is 552 g/mol. The number of carboxylic acids is 1. The van der Waals surface area contributed by atoms with Crippen LogP contribution in [0.1, 0.15) is 11.4 Å². The fraction of sp³-hybridized carbons (Fsp3) is 0.261. The number of carbonyl (C=O) groups is 3. The van der Waals surface area contributed by atoms with E-state index in [2.05, 4.69) is 21.5 Å². The van der Waals surface area contributed by atoms with E-state index in [1.165, 1.54) is 24.3 Å². The number of thiazole rings is 1. The number of nitrogen functional groups attached to an aromatic ring is 1. The highest BCUT2D eigenvalue weighted by Gasteiger charge is 2.53. The lowest BCUT2D eigenvalue weighted by atomic mass is 10.0. The van der Waals surface area contributed by atoms with E-state index >= 15 is 0 Å². The van der Waals surface area contributed by atoms with Crippen LogP contribution in [-0.2, 0) is 32.2 Å². The Bertz CT molecular complexity index is 1570. The number of oxime groups is 1. The lowest BCUT2D eigenvalue weighted by molar-refractivity contribution is -0.519. The van der Waals surface area contributed by atoms with Gasteiger partial charge in [-0.05, 0) is 6.07 Å². The Morgan fingerprint density at radius 2 is 2.26 bits per heavy atom. The number of carboxylic acid groups (broad SMARTS) is 1. The first-order chi connectivity index (χ1) is 18.3. The van der Waals surface area contributed by atoms with E-state index in [4.69, 9.17) is 10.6 Å². The fourth-order valence-electron chi connectivity index (χ4n) is 4.46. The van der Waals surface area contributed by atoms with Crippen LogP contribution in [0.5, 0.6) is 0 Å². The molecule has 0 unspecified atom stereocenters. The largest absolute Gasteiger partial charge is 0.543 e. The quantitative estimate of drug-likeness (QED) is 0.150. The fourth-order valence-corrected chi connectivity index (χ4v) is 6.34. The average Bonchev–Trinajstić information content (AvgIpc) is 3.49. The average molecular weight is 553 g/mol. The highest BCUT2D eigenvalue weighted by molar-refractivity contribution is 8.00. The number of aliphatic carboxylic acids is 1. The van der Waals surface area contributed by atoms with Gasteiger partial charge in [0.15, 0.2) is 16.5 Å². The Morgan fingerprint density at radius 3 is 2.95 bits per heavy atom. The van der Waals surface area contributed by atoms with Crippen molar-refractivity contribution in [3.63, 3.8) is 0 Å². The number of amides is 2. The highest BCUT2D eigenvalue weighted by atomic mass is 32.2. The van der Waals surface area contributed by atoms with Gasteiger partial charge in [-0.1, -0.05) is 11.2 Å². The van der Waals surface area contributed by atoms with E-state index in [0.29, 0.717) is 5.57 Å². The van der Waals surface area contributed by atoms with Crippen molar-refractivity contribution in [2.75, 3.05) is 18.6 Å². The van der Waals surface area contributed by atoms with Crippen molar-refractivity contribution in [3.8, 4) is 6.07 Å². The van der Waals surface area contributed by atoms with Gasteiger partial charge in [-0.2, -0.15) is 9.66 Å². The molecule has 5 heterocycles. The molecule has 1 fully saturated rings. The zero-order chi connectivity index (χ0) is 27.0. The number of pyridine rings is 1. The van der Waals surface area contributed by atoms with Crippen LogP contribution in [0.25, 0.3) is 5.65 Å². The number of hydrogen-bond acceptors (Lipinski definition) is 11. The van der Waals surface area contributed by atoms with Gasteiger partial charge in [0.05, 0.1) is 23.9 Å². The second kappa shape index (κ2) is 10.1. The first-order valence-electron chi connectivity index (χ1n) is 11.2. The molecule has 5 rings (SSSR count). The summed E-state index contributed by atoms with van der Waals surface area (Å²) in [5.74, 6) is -2.49. The molecule has 0 saturated carbocycles. The molecular weight excluding hydrogens is 532 g/mol. The van der Waals surface area contributed by atoms with E-state index in [9.17, 15) is 24.8 Å². The molecule has 0 aromatic carbocycles. The first kappa shape index (κ1) is 25.2. The SMILES string of the molecule is CO/N=C(\C(=O)N[C@@H]1C(=O)N2C(C(=O)[O-])=C(Cn3cc(CC#N)[n+]4ccccc34)CS[C@@H]12)c1csc(N)n1. The minimum atomic E-state index is -1.48. The molecule has 3 aromatic rings. The van der Waals surface area contributed by atoms with E-state index < -0.39 is 29.2 Å². The molecule has 38 heavy (non-hydrogen) atoms. The summed E-state index contributed by atoms with van der Waals surface area (Å²) < 4.78 is 3.69. The summed E-state index contributed by atoms with van der Waals surface area (Å²) in [5, 5.41) is 28.8. The lowest BCUT2D eigenvalue weighted by Crippen LogP contribution is -2.71. The molecule has 0 bridgehead atoms. The zero-order valence-corrected chi connectivity index (χ0v) is 21.5. The van der Waals surface area contributed by atoms with Crippen molar-refractivity contribution >= 4 is 57.4 Å². The maximum atomic E-state index is 13.1. The molecule has 0 radical (unpaired) electrons. The van der Waals surface area contributed by atoms with Crippen molar-refractivity contribution < 1.29 is 28.7 Å². The van der Waals surface area contributed by atoms with Gasteiger partial charge in [0.1, 0.15) is 43.4 Å². The van der Waals surface area contributed by atoms with Crippen molar-refractivity contribution in [1.29, 1.82) is 5.26 Å². The van der Waals surface area contributed by atoms with Gasteiger partial charge >= 0.3 is 0 Å². The Balaban J connectivity index is 1.39. The van der Waals surface area contributed by atoms with Crippen LogP contribution in [0.3, 0.4) is 0 Å². The second-order valence-electron chi connectivity index (χ2n) is 8.31. The minimum absolute atomic E-state index is 0.158. The molecule has 3 aromatic heterocycles. The lowest BCUT2D eigenvalue weighted by Gasteiger charge is -2.50. The van der Waals surface area contributed by atoms with Crippen molar-refractivity contribution in [2.45, 2.75) is 24.4 Å². The number of nitrogens with zero attached hydrogens (tertiary/aromatic N) is 6. The van der Waals surface area contributed by atoms with Crippen LogP contribution in [0.15, 0.2) is 52.4 Å². The number of thioether (sulfide) groups is 1. The number of anilines is 1. The van der Waals surface area contributed by atoms with Crippen molar-refractivity contribution in [2.24, 2.45) is 5.16 Å². The molecule has 1 saturated heterocycles. The Kier molecular flexibility index (Phi) is 6.74. The summed E-state index contributed by atoms with van der Waals surface area (Å²) in [6.07, 6.45) is 3.79. The predicted octanol–water partition coefficient (Wildman–Crippen LogP) is -1.21. The third-order valence-corrected chi connectivity index (χ3v) is 8.07. The third kappa shape index (κ3) is 4.33. The van der Waals surface area contributed by atoms with Crippen molar-refractivity contribution in [3.05, 3.63) is 58.6 Å². The van der Waals surface area contributed by atoms with E-state index in [0.717, 1.165) is 27.6 Å². The van der Waals surface area contributed by atoms with Gasteiger partial charge < -0.3 is 25.8 Å². The molecule has 3 N–H and O–H groups in total. The number of β-lactam (4-membered cyclic amide) rings is 1. The smallest absolute Gasteiger partial charge is 0.286 e. The van der Waals surface area contributed by atoms with Crippen LogP contribution < -0.4 is 20.6 Å². The molecular formula is C23H20N8O5S2. The molecule has 2 aliphatic rings. The standard InChI is InChI=1S/C23H20N8O5S2/c1-36-28-16(14-11-38-23(25)26-14)19(32)27-17-20(33)31-18(22(34)35)12(10-37-21(17)31)8-29-9-13(5-6-24)30-7-3-2-4-15(29)30/h2-4,7,9,11,17,21H,5,8,10H2,1H3,(H3-,25,26,27,32,34,35)/b28-16-/t17-,21+/m1/s1. The second-order valence-corrected chi connectivity index (χ2v) is 10.3. The molecule has 0 spiro atoms. The molecule has 2 aliphatic heterocycles. The minimum Gasteiger partial charge on any atom is -0.543 e. The Morgan fingerprint density at radius 1 is 1.45 bits per heavy atom. The summed E-state index contributed by atoms with van der Waals surface area (Å²) in [4.78, 5) is 48.1. The number of carbonyl (C=O) groups excluding carboxylic acids is 3. The van der Waals surface area contributed by atoms with Crippen LogP contribution in [0.2, 0.25) is 0 Å². The maximum absolute atomic E-state index is 13.1. The number of fused-ring (bicyclic) bond motifs is 2. The number of aromatic nitrogens is 3. The third-order valence-electron chi connectivity index (χ3n) is 6.06. The highest BCUT2D eigenvalue weighted by Crippen LogP contribution is 2.40. The molecule has 13 nitrogen and oxygen atoms in total. The van der Waals surface area contributed by atoms with Gasteiger partial charge in [-0.15, -0.1) is 23.1 Å². The summed E-state index contributed by atoms with van der Waals surface area (Å²) in [5.41, 5.74) is 7.46. The number of hydrogen-bond donors (Lipinski definition) is 2. The number of imidazole rings is 1. The number of nitrogens with one attached hydrogen (secondary N) is 1. The summed E-state index contributed by atoms with van der Waals surface area (Å²) in [7, 11) is 1.27. The first-order valence-corrected chi connectivity index (χ1v) is 13.1. The number of nitriles is 1. The molecule has 2 amide bonds. The predicted molar refractivity (Wildman–Crippen MR) is 134 cm³/mol. The molecule has 194 valence electrons. The van der Waals surface area contributed by atoms with Gasteiger partial charge in [0, 0.05) is 22.8 Å². The van der Waals surface area contributed by atoms with E-state index in [1.807, 2.05) is 33.4 Å². The topological polar surface area (TPSA) is 183 Å². The van der Waals surface area contributed by atoms with Gasteiger partial charge in [-0.25, -0.2) is 9.55 Å². The van der Waals surface area contributed by atoms with Gasteiger partial charge in [0.25, 0.3) is 17.5 Å². The van der Waals surface area contributed by atoms with E-state index in [-0.39, 0.29) is 41.0 Å². The number of rotatable bonds is 8. The number of nitrogens with two attached hydrogens (primary N) is 1. The Hall–Kier alpha value is -4.42. The maximum Gasteiger partial charge on any atom is 0.286 e. The molecule has 15 heteroatoms. The summed E-state index contributed by atoms with van der Waals surface area (Å²) >= 11 is 2.44. The van der Waals surface area contributed by atoms with Gasteiger partial charge in [0.2, 0.25) is 0 Å². The van der Waals surface area contributed by atoms with Crippen LogP contribution in [-0.4, -0.2) is 62.2 Å². The molecule has 2 atom stereocenters. The Labute approximate surface area is 223 Å². The van der Waals surface area contributed by atoms with Gasteiger partial charge in [-0.3, -0.25) is 14.5 Å². The summed E-state index contributed by atoms with van der Waals surface area (Å²) in [6.45, 7) is 0.179. The van der Waals surface area contributed by atoms with Crippen molar-refractivity contribution in [1.82, 2.24) is 19.8 Å². The summed E-state index contributed by atoms with van der Waals surface area (Å²) in [6, 6.07) is 6.68.